The highest BCUT2D eigenvalue weighted by Crippen LogP contribution is 2.25. The number of halogens is 3. The number of likely N-dealkylation sites (tertiary alicyclic amines) is 1. The molecule has 6 nitrogen and oxygen atoms in total. The van der Waals surface area contributed by atoms with E-state index in [1.54, 1.807) is 19.2 Å². The Balaban J connectivity index is 0.00000392. The number of alkyl halides is 2. The number of benzene rings is 1. The van der Waals surface area contributed by atoms with Crippen molar-refractivity contribution in [2.24, 2.45) is 4.99 Å². The minimum atomic E-state index is -2.87. The van der Waals surface area contributed by atoms with E-state index in [2.05, 4.69) is 25.3 Å². The number of methoxy groups -OCH3 is 1. The van der Waals surface area contributed by atoms with Crippen LogP contribution in [0.25, 0.3) is 0 Å². The first-order chi connectivity index (χ1) is 13.1. The van der Waals surface area contributed by atoms with E-state index in [1.165, 1.54) is 38.9 Å². The van der Waals surface area contributed by atoms with Gasteiger partial charge in [-0.25, -0.2) is 0 Å². The largest absolute Gasteiger partial charge is 0.497 e. The van der Waals surface area contributed by atoms with Crippen LogP contribution in [0.4, 0.5) is 8.78 Å². The molecule has 2 rings (SSSR count). The van der Waals surface area contributed by atoms with Gasteiger partial charge in [-0.05, 0) is 44.1 Å². The summed E-state index contributed by atoms with van der Waals surface area (Å²) in [6, 6.07) is 4.75. The van der Waals surface area contributed by atoms with Crippen LogP contribution in [0.1, 0.15) is 31.2 Å². The standard InChI is InChI=1S/C19H30F2N4O2.HI/c1-22-19(23-9-12-25-10-5-3-4-6-11-25)24-14-15-13-16(26-2)7-8-17(15)27-18(20)21;/h7-8,13,18H,3-6,9-12,14H2,1-2H3,(H2,22,23,24);1H. The van der Waals surface area contributed by atoms with Gasteiger partial charge in [0.15, 0.2) is 5.96 Å². The maximum absolute atomic E-state index is 12.6. The topological polar surface area (TPSA) is 58.1 Å². The maximum Gasteiger partial charge on any atom is 0.387 e. The Bertz CT molecular complexity index is 597. The van der Waals surface area contributed by atoms with Crippen LogP contribution in [0.5, 0.6) is 11.5 Å². The number of aliphatic imine (C=N–C) groups is 1. The fraction of sp³-hybridized carbons (Fsp3) is 0.632. The number of nitrogens with zero attached hydrogens (tertiary/aromatic N) is 2. The molecule has 0 unspecified atom stereocenters. The van der Waals surface area contributed by atoms with Crippen molar-refractivity contribution < 1.29 is 18.3 Å². The van der Waals surface area contributed by atoms with Crippen molar-refractivity contribution >= 4 is 29.9 Å². The van der Waals surface area contributed by atoms with Gasteiger partial charge in [-0.1, -0.05) is 12.8 Å². The highest BCUT2D eigenvalue weighted by molar-refractivity contribution is 14.0. The monoisotopic (exact) mass is 512 g/mol. The number of nitrogens with one attached hydrogen (secondary N) is 2. The number of hydrogen-bond donors (Lipinski definition) is 2. The number of guanidine groups is 1. The lowest BCUT2D eigenvalue weighted by Crippen LogP contribution is -2.41. The summed E-state index contributed by atoms with van der Waals surface area (Å²) in [4.78, 5) is 6.66. The van der Waals surface area contributed by atoms with Crippen molar-refractivity contribution in [3.8, 4) is 11.5 Å². The average molecular weight is 512 g/mol. The number of rotatable bonds is 8. The summed E-state index contributed by atoms with van der Waals surface area (Å²) in [5.74, 6) is 1.33. The van der Waals surface area contributed by atoms with E-state index >= 15 is 0 Å². The van der Waals surface area contributed by atoms with E-state index in [4.69, 9.17) is 4.74 Å². The Morgan fingerprint density at radius 1 is 1.18 bits per heavy atom. The van der Waals surface area contributed by atoms with Crippen LogP contribution in [0.3, 0.4) is 0 Å². The van der Waals surface area contributed by atoms with Crippen molar-refractivity contribution in [1.29, 1.82) is 0 Å². The zero-order valence-electron chi connectivity index (χ0n) is 16.5. The second kappa shape index (κ2) is 13.8. The number of hydrogen-bond acceptors (Lipinski definition) is 4. The molecule has 0 radical (unpaired) electrons. The molecule has 28 heavy (non-hydrogen) atoms. The highest BCUT2D eigenvalue weighted by Gasteiger charge is 2.12. The van der Waals surface area contributed by atoms with Crippen LogP contribution < -0.4 is 20.1 Å². The summed E-state index contributed by atoms with van der Waals surface area (Å²) in [6.45, 7) is 1.45. The van der Waals surface area contributed by atoms with E-state index in [1.807, 2.05) is 0 Å². The Labute approximate surface area is 183 Å². The minimum absolute atomic E-state index is 0. The molecule has 0 amide bonds. The Kier molecular flexibility index (Phi) is 12.1. The molecule has 160 valence electrons. The van der Waals surface area contributed by atoms with Crippen LogP contribution >= 0.6 is 24.0 Å². The molecule has 1 aromatic rings. The lowest BCUT2D eigenvalue weighted by atomic mass is 10.2. The van der Waals surface area contributed by atoms with E-state index in [0.29, 0.717) is 23.8 Å². The summed E-state index contributed by atoms with van der Waals surface area (Å²) in [5, 5.41) is 6.41. The molecule has 1 aliphatic heterocycles. The van der Waals surface area contributed by atoms with Crippen molar-refractivity contribution in [3.05, 3.63) is 23.8 Å². The first-order valence-corrected chi connectivity index (χ1v) is 9.41. The zero-order valence-corrected chi connectivity index (χ0v) is 18.9. The lowest BCUT2D eigenvalue weighted by molar-refractivity contribution is -0.0504. The van der Waals surface area contributed by atoms with Crippen molar-refractivity contribution in [3.63, 3.8) is 0 Å². The third-order valence-corrected chi connectivity index (χ3v) is 4.57. The molecule has 1 aromatic carbocycles. The van der Waals surface area contributed by atoms with Crippen LogP contribution in [-0.2, 0) is 6.54 Å². The first kappa shape index (κ1) is 24.7. The van der Waals surface area contributed by atoms with Crippen molar-refractivity contribution in [1.82, 2.24) is 15.5 Å². The van der Waals surface area contributed by atoms with Crippen LogP contribution in [-0.4, -0.2) is 57.8 Å². The lowest BCUT2D eigenvalue weighted by Gasteiger charge is -2.21. The molecule has 1 heterocycles. The molecule has 0 atom stereocenters. The third-order valence-electron chi connectivity index (χ3n) is 4.57. The predicted octanol–water partition coefficient (Wildman–Crippen LogP) is 3.46. The van der Waals surface area contributed by atoms with E-state index < -0.39 is 6.61 Å². The molecule has 0 aromatic heterocycles. The van der Waals surface area contributed by atoms with E-state index in [0.717, 1.165) is 26.2 Å². The fourth-order valence-corrected chi connectivity index (χ4v) is 3.12. The molecule has 2 N–H and O–H groups in total. The molecule has 0 saturated carbocycles. The molecule has 1 aliphatic rings. The van der Waals surface area contributed by atoms with Gasteiger partial charge >= 0.3 is 6.61 Å². The molecule has 9 heteroatoms. The van der Waals surface area contributed by atoms with E-state index in [-0.39, 0.29) is 29.7 Å². The normalized spacial score (nSPS) is 15.5. The first-order valence-electron chi connectivity index (χ1n) is 9.41. The molecule has 1 fully saturated rings. The minimum Gasteiger partial charge on any atom is -0.497 e. The Hall–Kier alpha value is -1.36. The summed E-state index contributed by atoms with van der Waals surface area (Å²) in [7, 11) is 3.22. The molecular formula is C19H31F2IN4O2. The molecule has 1 saturated heterocycles. The highest BCUT2D eigenvalue weighted by atomic mass is 127. The van der Waals surface area contributed by atoms with Crippen LogP contribution in [0, 0.1) is 0 Å². The van der Waals surface area contributed by atoms with Gasteiger partial charge in [0.2, 0.25) is 0 Å². The number of ether oxygens (including phenoxy) is 2. The Morgan fingerprint density at radius 3 is 2.50 bits per heavy atom. The Morgan fingerprint density at radius 2 is 1.89 bits per heavy atom. The molecule has 0 aliphatic carbocycles. The molecular weight excluding hydrogens is 481 g/mol. The van der Waals surface area contributed by atoms with Gasteiger partial charge in [-0.3, -0.25) is 4.99 Å². The van der Waals surface area contributed by atoms with Gasteiger partial charge in [0.1, 0.15) is 11.5 Å². The second-order valence-electron chi connectivity index (χ2n) is 6.46. The zero-order chi connectivity index (χ0) is 19.5. The maximum atomic E-state index is 12.6. The van der Waals surface area contributed by atoms with E-state index in [9.17, 15) is 8.78 Å². The summed E-state index contributed by atoms with van der Waals surface area (Å²) in [5.41, 5.74) is 0.574. The van der Waals surface area contributed by atoms with Gasteiger partial charge in [0, 0.05) is 32.2 Å². The van der Waals surface area contributed by atoms with Gasteiger partial charge in [-0.2, -0.15) is 8.78 Å². The van der Waals surface area contributed by atoms with Crippen molar-refractivity contribution in [2.45, 2.75) is 38.8 Å². The fourth-order valence-electron chi connectivity index (χ4n) is 3.12. The summed E-state index contributed by atoms with van der Waals surface area (Å²) in [6.07, 6.45) is 5.15. The summed E-state index contributed by atoms with van der Waals surface area (Å²) < 4.78 is 35.0. The summed E-state index contributed by atoms with van der Waals surface area (Å²) >= 11 is 0. The van der Waals surface area contributed by atoms with Gasteiger partial charge in [0.05, 0.1) is 7.11 Å². The average Bonchev–Trinajstić information content (AvgIpc) is 2.94. The SMILES string of the molecule is CN=C(NCCN1CCCCCC1)NCc1cc(OC)ccc1OC(F)F.I. The van der Waals surface area contributed by atoms with Crippen LogP contribution in [0.2, 0.25) is 0 Å². The quantitative estimate of drug-likeness (QED) is 0.318. The smallest absolute Gasteiger partial charge is 0.387 e. The second-order valence-corrected chi connectivity index (χ2v) is 6.46. The van der Waals surface area contributed by atoms with Crippen molar-refractivity contribution in [2.75, 3.05) is 40.3 Å². The van der Waals surface area contributed by atoms with Gasteiger partial charge in [-0.15, -0.1) is 24.0 Å². The predicted molar refractivity (Wildman–Crippen MR) is 118 cm³/mol. The van der Waals surface area contributed by atoms with Gasteiger partial charge in [0.25, 0.3) is 0 Å². The molecule has 0 bridgehead atoms. The third kappa shape index (κ3) is 8.76. The van der Waals surface area contributed by atoms with Gasteiger partial charge < -0.3 is 25.0 Å². The van der Waals surface area contributed by atoms with Crippen LogP contribution in [0.15, 0.2) is 23.2 Å². The molecule has 0 spiro atoms.